The summed E-state index contributed by atoms with van der Waals surface area (Å²) in [7, 11) is 0. The maximum absolute atomic E-state index is 13.6. The van der Waals surface area contributed by atoms with Crippen LogP contribution in [0, 0.1) is 5.82 Å². The molecule has 0 spiro atoms. The minimum atomic E-state index is -0.906. The lowest BCUT2D eigenvalue weighted by molar-refractivity contribution is -0.123. The lowest BCUT2D eigenvalue weighted by Gasteiger charge is -2.17. The van der Waals surface area contributed by atoms with Crippen molar-refractivity contribution >= 4 is 56.2 Å². The maximum Gasteiger partial charge on any atom is 0.249 e. The quantitative estimate of drug-likeness (QED) is 0.277. The van der Waals surface area contributed by atoms with Crippen molar-refractivity contribution in [1.82, 2.24) is 30.5 Å². The average molecular weight is 548 g/mol. The average Bonchev–Trinajstić information content (AvgIpc) is 3.57. The van der Waals surface area contributed by atoms with Gasteiger partial charge in [-0.2, -0.15) is 4.68 Å². The number of aromatic nitrogens is 5. The zero-order chi connectivity index (χ0) is 26.5. The van der Waals surface area contributed by atoms with E-state index in [1.807, 2.05) is 30.3 Å². The van der Waals surface area contributed by atoms with Crippen molar-refractivity contribution in [1.29, 1.82) is 0 Å². The summed E-state index contributed by atoms with van der Waals surface area (Å²) >= 11 is 7.30. The van der Waals surface area contributed by atoms with E-state index in [-0.39, 0.29) is 12.2 Å². The van der Waals surface area contributed by atoms with E-state index in [1.54, 1.807) is 30.3 Å². The Morgan fingerprint density at radius 3 is 2.74 bits per heavy atom. The molecular weight excluding hydrogens is 529 g/mol. The van der Waals surface area contributed by atoms with Crippen molar-refractivity contribution in [3.05, 3.63) is 101 Å². The van der Waals surface area contributed by atoms with E-state index in [0.29, 0.717) is 31.6 Å². The standard InChI is InChI=1S/C26H19ClFN7O2S/c27-18-7-10-22(35-15-29-33-34-35)17(13-18)6-11-24(36)30-21(12-16-4-2-1-3-5-16)25(37)32-26-31-20-9-8-19(28)14-23(20)38-26/h1-11,13-15,21H,12H2,(H,30,36)(H,31,32,37)/t21-/m0/s1. The summed E-state index contributed by atoms with van der Waals surface area (Å²) in [6.45, 7) is 0. The van der Waals surface area contributed by atoms with Crippen LogP contribution in [0.5, 0.6) is 0 Å². The molecule has 2 heterocycles. The first-order chi connectivity index (χ1) is 18.4. The van der Waals surface area contributed by atoms with Gasteiger partial charge in [0.1, 0.15) is 18.2 Å². The lowest BCUT2D eigenvalue weighted by Crippen LogP contribution is -2.44. The minimum absolute atomic E-state index is 0.249. The highest BCUT2D eigenvalue weighted by Crippen LogP contribution is 2.26. The van der Waals surface area contributed by atoms with Gasteiger partial charge >= 0.3 is 0 Å². The molecule has 2 aromatic heterocycles. The summed E-state index contributed by atoms with van der Waals surface area (Å²) in [6, 6.07) is 17.7. The molecule has 12 heteroatoms. The Hall–Kier alpha value is -4.48. The van der Waals surface area contributed by atoms with Crippen LogP contribution in [0.15, 0.2) is 79.1 Å². The molecule has 0 fully saturated rings. The Labute approximate surface area is 225 Å². The number of anilines is 1. The highest BCUT2D eigenvalue weighted by Gasteiger charge is 2.22. The smallest absolute Gasteiger partial charge is 0.249 e. The van der Waals surface area contributed by atoms with Gasteiger partial charge in [-0.15, -0.1) is 5.10 Å². The van der Waals surface area contributed by atoms with Crippen LogP contribution in [0.3, 0.4) is 0 Å². The molecule has 3 aromatic carbocycles. The second-order valence-corrected chi connectivity index (χ2v) is 9.63. The third-order valence-electron chi connectivity index (χ3n) is 5.50. The number of carbonyl (C=O) groups is 2. The number of amides is 2. The SMILES string of the molecule is O=C(C=Cc1cc(Cl)ccc1-n1cnnn1)N[C@@H](Cc1ccccc1)C(=O)Nc1nc2ccc(F)cc2s1. The number of rotatable bonds is 8. The summed E-state index contributed by atoms with van der Waals surface area (Å²) in [6.07, 6.45) is 4.55. The fourth-order valence-electron chi connectivity index (χ4n) is 3.73. The van der Waals surface area contributed by atoms with Crippen molar-refractivity contribution < 1.29 is 14.0 Å². The van der Waals surface area contributed by atoms with Crippen molar-refractivity contribution in [2.75, 3.05) is 5.32 Å². The van der Waals surface area contributed by atoms with Crippen molar-refractivity contribution in [3.8, 4) is 5.69 Å². The Morgan fingerprint density at radius 2 is 1.95 bits per heavy atom. The Kier molecular flexibility index (Phi) is 7.47. The first-order valence-corrected chi connectivity index (χ1v) is 12.6. The summed E-state index contributed by atoms with van der Waals surface area (Å²) in [5, 5.41) is 17.5. The number of carbonyl (C=O) groups excluding carboxylic acids is 2. The van der Waals surface area contributed by atoms with Crippen molar-refractivity contribution in [2.24, 2.45) is 0 Å². The summed E-state index contributed by atoms with van der Waals surface area (Å²) in [5.41, 5.74) is 2.65. The molecule has 0 aliphatic rings. The molecule has 0 saturated heterocycles. The molecule has 1 atom stereocenters. The number of hydrogen-bond acceptors (Lipinski definition) is 7. The fourth-order valence-corrected chi connectivity index (χ4v) is 4.80. The predicted octanol–water partition coefficient (Wildman–Crippen LogP) is 4.44. The highest BCUT2D eigenvalue weighted by molar-refractivity contribution is 7.22. The highest BCUT2D eigenvalue weighted by atomic mass is 35.5. The minimum Gasteiger partial charge on any atom is -0.340 e. The van der Waals surface area contributed by atoms with Gasteiger partial charge in [0.05, 0.1) is 15.9 Å². The van der Waals surface area contributed by atoms with Crippen LogP contribution in [-0.4, -0.2) is 43.0 Å². The summed E-state index contributed by atoms with van der Waals surface area (Å²) in [4.78, 5) is 30.5. The first kappa shape index (κ1) is 25.2. The van der Waals surface area contributed by atoms with Crippen LogP contribution in [0.4, 0.5) is 9.52 Å². The monoisotopic (exact) mass is 547 g/mol. The summed E-state index contributed by atoms with van der Waals surface area (Å²) in [5.74, 6) is -1.33. The molecule has 2 N–H and O–H groups in total. The molecule has 5 aromatic rings. The molecule has 0 unspecified atom stereocenters. The van der Waals surface area contributed by atoms with Gasteiger partial charge in [-0.25, -0.2) is 9.37 Å². The number of tetrazole rings is 1. The van der Waals surface area contributed by atoms with Gasteiger partial charge in [-0.05, 0) is 58.5 Å². The zero-order valence-electron chi connectivity index (χ0n) is 19.6. The van der Waals surface area contributed by atoms with E-state index in [0.717, 1.165) is 16.9 Å². The number of nitrogens with one attached hydrogen (secondary N) is 2. The molecule has 0 aliphatic carbocycles. The third-order valence-corrected chi connectivity index (χ3v) is 6.66. The van der Waals surface area contributed by atoms with Gasteiger partial charge in [0.25, 0.3) is 0 Å². The van der Waals surface area contributed by atoms with Gasteiger partial charge in [-0.1, -0.05) is 53.3 Å². The third kappa shape index (κ3) is 6.07. The van der Waals surface area contributed by atoms with E-state index < -0.39 is 17.9 Å². The number of hydrogen-bond donors (Lipinski definition) is 2. The molecule has 0 aliphatic heterocycles. The molecule has 190 valence electrons. The van der Waals surface area contributed by atoms with E-state index in [2.05, 4.69) is 31.1 Å². The molecule has 0 bridgehead atoms. The molecule has 9 nitrogen and oxygen atoms in total. The van der Waals surface area contributed by atoms with Crippen LogP contribution in [0.25, 0.3) is 22.0 Å². The van der Waals surface area contributed by atoms with Crippen molar-refractivity contribution in [3.63, 3.8) is 0 Å². The fraction of sp³-hybridized carbons (Fsp3) is 0.0769. The number of benzene rings is 3. The topological polar surface area (TPSA) is 115 Å². The molecule has 5 rings (SSSR count). The van der Waals surface area contributed by atoms with E-state index in [9.17, 15) is 14.0 Å². The second-order valence-electron chi connectivity index (χ2n) is 8.16. The summed E-state index contributed by atoms with van der Waals surface area (Å²) < 4.78 is 15.6. The van der Waals surface area contributed by atoms with Crippen LogP contribution >= 0.6 is 22.9 Å². The largest absolute Gasteiger partial charge is 0.340 e. The Bertz CT molecular complexity index is 1620. The van der Waals surface area contributed by atoms with Crippen LogP contribution in [0.1, 0.15) is 11.1 Å². The Balaban J connectivity index is 1.35. The predicted molar refractivity (Wildman–Crippen MR) is 143 cm³/mol. The molecule has 38 heavy (non-hydrogen) atoms. The zero-order valence-corrected chi connectivity index (χ0v) is 21.2. The Morgan fingerprint density at radius 1 is 1.11 bits per heavy atom. The van der Waals surface area contributed by atoms with E-state index >= 15 is 0 Å². The molecular formula is C26H19ClFN7O2S. The van der Waals surface area contributed by atoms with Gasteiger partial charge < -0.3 is 10.6 Å². The second kappa shape index (κ2) is 11.3. The number of halogens is 2. The van der Waals surface area contributed by atoms with Gasteiger partial charge in [0.15, 0.2) is 5.13 Å². The van der Waals surface area contributed by atoms with Crippen LogP contribution in [0.2, 0.25) is 5.02 Å². The normalized spacial score (nSPS) is 12.1. The molecule has 0 saturated carbocycles. The number of thiazole rings is 1. The van der Waals surface area contributed by atoms with Gasteiger partial charge in [0.2, 0.25) is 11.8 Å². The van der Waals surface area contributed by atoms with Crippen LogP contribution in [-0.2, 0) is 16.0 Å². The van der Waals surface area contributed by atoms with E-state index in [4.69, 9.17) is 11.6 Å². The van der Waals surface area contributed by atoms with Crippen molar-refractivity contribution in [2.45, 2.75) is 12.5 Å². The number of fused-ring (bicyclic) bond motifs is 1. The van der Waals surface area contributed by atoms with E-state index in [1.165, 1.54) is 29.2 Å². The van der Waals surface area contributed by atoms with Gasteiger partial charge in [-0.3, -0.25) is 9.59 Å². The van der Waals surface area contributed by atoms with Gasteiger partial charge in [0, 0.05) is 23.1 Å². The number of nitrogens with zero attached hydrogens (tertiary/aromatic N) is 5. The molecule has 2 amide bonds. The van der Waals surface area contributed by atoms with Crippen LogP contribution < -0.4 is 10.6 Å². The molecule has 0 radical (unpaired) electrons. The maximum atomic E-state index is 13.6. The first-order valence-electron chi connectivity index (χ1n) is 11.4. The lowest BCUT2D eigenvalue weighted by atomic mass is 10.1.